The van der Waals surface area contributed by atoms with Gasteiger partial charge in [0.1, 0.15) is 6.33 Å². The molecule has 0 spiro atoms. The summed E-state index contributed by atoms with van der Waals surface area (Å²) < 4.78 is 5.94. The van der Waals surface area contributed by atoms with Crippen LogP contribution in [0.2, 0.25) is 0 Å². The average Bonchev–Trinajstić information content (AvgIpc) is 3.17. The predicted octanol–water partition coefficient (Wildman–Crippen LogP) is 0.861. The summed E-state index contributed by atoms with van der Waals surface area (Å²) >= 11 is 0. The summed E-state index contributed by atoms with van der Waals surface area (Å²) in [6, 6.07) is 0.809. The Labute approximate surface area is 160 Å². The summed E-state index contributed by atoms with van der Waals surface area (Å²) in [4.78, 5) is 23.4. The van der Waals surface area contributed by atoms with Crippen LogP contribution in [0.4, 0.5) is 0 Å². The van der Waals surface area contributed by atoms with Crippen LogP contribution in [0, 0.1) is 25.7 Å². The molecule has 8 nitrogen and oxygen atoms in total. The quantitative estimate of drug-likeness (QED) is 0.720. The Hall–Kier alpha value is -1.77. The number of carbonyl (C=O) groups is 1. The third-order valence-electron chi connectivity index (χ3n) is 6.39. The Morgan fingerprint density at radius 2 is 1.93 bits per heavy atom. The second-order valence-corrected chi connectivity index (χ2v) is 8.11. The number of likely N-dealkylation sites (tertiary alicyclic amines) is 1. The van der Waals surface area contributed by atoms with Crippen molar-refractivity contribution in [3.63, 3.8) is 0 Å². The van der Waals surface area contributed by atoms with Crippen molar-refractivity contribution < 1.29 is 9.53 Å². The third kappa shape index (κ3) is 4.07. The minimum Gasteiger partial charge on any atom is -0.477 e. The van der Waals surface area contributed by atoms with Gasteiger partial charge in [-0.1, -0.05) is 0 Å². The highest BCUT2D eigenvalue weighted by Gasteiger charge is 2.38. The largest absolute Gasteiger partial charge is 0.477 e. The molecule has 3 fully saturated rings. The van der Waals surface area contributed by atoms with E-state index >= 15 is 0 Å². The summed E-state index contributed by atoms with van der Waals surface area (Å²) in [6.07, 6.45) is 6.48. The van der Waals surface area contributed by atoms with E-state index in [0.717, 1.165) is 56.5 Å². The van der Waals surface area contributed by atoms with Gasteiger partial charge in [-0.25, -0.2) is 20.8 Å². The van der Waals surface area contributed by atoms with Crippen molar-refractivity contribution in [3.05, 3.63) is 17.6 Å². The van der Waals surface area contributed by atoms with Crippen LogP contribution < -0.4 is 21.1 Å². The lowest BCUT2D eigenvalue weighted by Gasteiger charge is -2.37. The summed E-state index contributed by atoms with van der Waals surface area (Å²) in [5, 5.41) is 0. The fourth-order valence-corrected chi connectivity index (χ4v) is 4.39. The molecule has 148 valence electrons. The van der Waals surface area contributed by atoms with E-state index in [1.54, 1.807) is 6.33 Å². The number of hydrogen-bond acceptors (Lipinski definition) is 7. The number of nitrogens with zero attached hydrogens (tertiary/aromatic N) is 3. The molecule has 0 aromatic carbocycles. The zero-order valence-electron chi connectivity index (χ0n) is 16.2. The fraction of sp³-hybridized carbons (Fsp3) is 0.737. The SMILES string of the molecule is Cc1ncnc(OCC2CCN(C(=O)C3CCC4NNNC4C3)CC2)c1C. The molecule has 3 atom stereocenters. The van der Waals surface area contributed by atoms with E-state index in [-0.39, 0.29) is 5.92 Å². The molecular formula is C19H30N6O2. The summed E-state index contributed by atoms with van der Waals surface area (Å²) in [5.41, 5.74) is 11.4. The number of aromatic nitrogens is 2. The molecule has 27 heavy (non-hydrogen) atoms. The second-order valence-electron chi connectivity index (χ2n) is 8.11. The Balaban J connectivity index is 1.24. The van der Waals surface area contributed by atoms with Gasteiger partial charge in [0.15, 0.2) is 0 Å². The lowest BCUT2D eigenvalue weighted by Crippen LogP contribution is -2.47. The van der Waals surface area contributed by atoms with Gasteiger partial charge in [0, 0.05) is 42.3 Å². The van der Waals surface area contributed by atoms with Crippen molar-refractivity contribution in [2.75, 3.05) is 19.7 Å². The van der Waals surface area contributed by atoms with Crippen molar-refractivity contribution in [1.29, 1.82) is 0 Å². The molecule has 8 heteroatoms. The van der Waals surface area contributed by atoms with Gasteiger partial charge in [-0.05, 0) is 51.9 Å². The molecule has 1 aromatic heterocycles. The molecule has 3 heterocycles. The Morgan fingerprint density at radius 3 is 2.74 bits per heavy atom. The molecule has 2 aliphatic heterocycles. The van der Waals surface area contributed by atoms with Gasteiger partial charge in [0.05, 0.1) is 6.61 Å². The van der Waals surface area contributed by atoms with Gasteiger partial charge in [0.2, 0.25) is 11.8 Å². The molecule has 0 radical (unpaired) electrons. The number of carbonyl (C=O) groups excluding carboxylic acids is 1. The lowest BCUT2D eigenvalue weighted by molar-refractivity contribution is -0.138. The molecule has 3 aliphatic rings. The number of aryl methyl sites for hydroxylation is 1. The monoisotopic (exact) mass is 374 g/mol. The molecular weight excluding hydrogens is 344 g/mol. The number of hydrazine groups is 2. The number of amides is 1. The first-order chi connectivity index (χ1) is 13.1. The van der Waals surface area contributed by atoms with Gasteiger partial charge in [-0.2, -0.15) is 5.53 Å². The number of fused-ring (bicyclic) bond motifs is 1. The maximum atomic E-state index is 12.9. The topological polar surface area (TPSA) is 91.4 Å². The molecule has 1 saturated carbocycles. The lowest BCUT2D eigenvalue weighted by atomic mass is 9.82. The minimum atomic E-state index is 0.153. The number of ether oxygens (including phenoxy) is 1. The Kier molecular flexibility index (Phi) is 5.56. The van der Waals surface area contributed by atoms with Crippen LogP contribution in [0.15, 0.2) is 6.33 Å². The van der Waals surface area contributed by atoms with E-state index in [1.165, 1.54) is 0 Å². The molecule has 1 aliphatic carbocycles. The van der Waals surface area contributed by atoms with E-state index in [9.17, 15) is 4.79 Å². The van der Waals surface area contributed by atoms with Crippen LogP contribution in [0.3, 0.4) is 0 Å². The van der Waals surface area contributed by atoms with Gasteiger partial charge < -0.3 is 9.64 Å². The smallest absolute Gasteiger partial charge is 0.225 e. The summed E-state index contributed by atoms with van der Waals surface area (Å²) in [7, 11) is 0. The normalized spacial score (nSPS) is 28.8. The molecule has 4 rings (SSSR count). The van der Waals surface area contributed by atoms with E-state index in [4.69, 9.17) is 4.74 Å². The maximum Gasteiger partial charge on any atom is 0.225 e. The summed E-state index contributed by atoms with van der Waals surface area (Å²) in [5.74, 6) is 1.65. The molecule has 1 aromatic rings. The minimum absolute atomic E-state index is 0.153. The van der Waals surface area contributed by atoms with Crippen LogP contribution in [0.25, 0.3) is 0 Å². The average molecular weight is 374 g/mol. The Bertz CT molecular complexity index is 676. The zero-order valence-corrected chi connectivity index (χ0v) is 16.2. The highest BCUT2D eigenvalue weighted by molar-refractivity contribution is 5.79. The first kappa shape index (κ1) is 18.6. The summed E-state index contributed by atoms with van der Waals surface area (Å²) in [6.45, 7) is 6.29. The van der Waals surface area contributed by atoms with Crippen LogP contribution in [0.5, 0.6) is 5.88 Å². The van der Waals surface area contributed by atoms with E-state index in [0.29, 0.717) is 36.4 Å². The van der Waals surface area contributed by atoms with E-state index in [1.807, 2.05) is 13.8 Å². The molecule has 3 N–H and O–H groups in total. The third-order valence-corrected chi connectivity index (χ3v) is 6.39. The number of rotatable bonds is 4. The van der Waals surface area contributed by atoms with Crippen molar-refractivity contribution >= 4 is 5.91 Å². The van der Waals surface area contributed by atoms with E-state index < -0.39 is 0 Å². The van der Waals surface area contributed by atoms with Crippen molar-refractivity contribution in [2.45, 2.75) is 58.0 Å². The molecule has 3 unspecified atom stereocenters. The van der Waals surface area contributed by atoms with Crippen LogP contribution >= 0.6 is 0 Å². The standard InChI is InChI=1S/C19H30N6O2/c1-12-13(2)20-11-21-18(12)27-10-14-5-7-25(8-6-14)19(26)15-3-4-16-17(9-15)23-24-22-16/h11,14-17,22-24H,3-10H2,1-2H3. The second kappa shape index (κ2) is 8.08. The highest BCUT2D eigenvalue weighted by atomic mass is 16.5. The maximum absolute atomic E-state index is 12.9. The van der Waals surface area contributed by atoms with Crippen LogP contribution in [-0.4, -0.2) is 52.6 Å². The van der Waals surface area contributed by atoms with Crippen molar-refractivity contribution in [2.24, 2.45) is 11.8 Å². The van der Waals surface area contributed by atoms with Gasteiger partial charge in [-0.15, -0.1) is 0 Å². The van der Waals surface area contributed by atoms with Crippen molar-refractivity contribution in [3.8, 4) is 5.88 Å². The number of hydrogen-bond donors (Lipinski definition) is 3. The number of nitrogens with one attached hydrogen (secondary N) is 3. The highest BCUT2D eigenvalue weighted by Crippen LogP contribution is 2.29. The first-order valence-corrected chi connectivity index (χ1v) is 10.1. The molecule has 1 amide bonds. The van der Waals surface area contributed by atoms with Gasteiger partial charge in [-0.3, -0.25) is 4.79 Å². The Morgan fingerprint density at radius 1 is 1.15 bits per heavy atom. The predicted molar refractivity (Wildman–Crippen MR) is 101 cm³/mol. The van der Waals surface area contributed by atoms with Crippen LogP contribution in [-0.2, 0) is 4.79 Å². The fourth-order valence-electron chi connectivity index (χ4n) is 4.39. The van der Waals surface area contributed by atoms with E-state index in [2.05, 4.69) is 31.3 Å². The van der Waals surface area contributed by atoms with Crippen molar-refractivity contribution in [1.82, 2.24) is 31.3 Å². The molecule has 2 saturated heterocycles. The van der Waals surface area contributed by atoms with Crippen LogP contribution in [0.1, 0.15) is 43.4 Å². The van der Waals surface area contributed by atoms with Gasteiger partial charge >= 0.3 is 0 Å². The van der Waals surface area contributed by atoms with Gasteiger partial charge in [0.25, 0.3) is 0 Å². The first-order valence-electron chi connectivity index (χ1n) is 10.1. The number of piperidine rings is 1. The zero-order chi connectivity index (χ0) is 18.8. The molecule has 0 bridgehead atoms.